The first-order valence-electron chi connectivity index (χ1n) is 5.85. The highest BCUT2D eigenvalue weighted by Gasteiger charge is 2.10. The van der Waals surface area contributed by atoms with E-state index in [0.717, 1.165) is 4.90 Å². The maximum Gasteiger partial charge on any atom is 0.173 e. The van der Waals surface area contributed by atoms with Crippen LogP contribution in [0.2, 0.25) is 5.02 Å². The Balaban J connectivity index is 2.05. The van der Waals surface area contributed by atoms with Crippen LogP contribution in [0.5, 0.6) is 5.75 Å². The van der Waals surface area contributed by atoms with Gasteiger partial charge in [0, 0.05) is 10.5 Å². The van der Waals surface area contributed by atoms with Crippen molar-refractivity contribution in [2.24, 2.45) is 0 Å². The molecule has 2 aromatic rings. The van der Waals surface area contributed by atoms with Crippen LogP contribution in [0, 0.1) is 5.82 Å². The van der Waals surface area contributed by atoms with Gasteiger partial charge in [-0.25, -0.2) is 4.39 Å². The van der Waals surface area contributed by atoms with Crippen LogP contribution in [0.15, 0.2) is 47.4 Å². The average Bonchev–Trinajstić information content (AvgIpc) is 2.45. The van der Waals surface area contributed by atoms with Crippen LogP contribution in [0.1, 0.15) is 10.4 Å². The zero-order chi connectivity index (χ0) is 14.5. The van der Waals surface area contributed by atoms with E-state index in [0.29, 0.717) is 16.3 Å². The molecule has 0 aliphatic carbocycles. The van der Waals surface area contributed by atoms with Crippen LogP contribution < -0.4 is 4.74 Å². The molecule has 0 saturated carbocycles. The number of carbonyl (C=O) groups is 1. The minimum Gasteiger partial charge on any atom is -0.495 e. The second-order valence-electron chi connectivity index (χ2n) is 4.02. The van der Waals surface area contributed by atoms with Crippen molar-refractivity contribution in [1.82, 2.24) is 0 Å². The summed E-state index contributed by atoms with van der Waals surface area (Å²) in [6.07, 6.45) is 0. The number of benzene rings is 2. The van der Waals surface area contributed by atoms with E-state index in [9.17, 15) is 9.18 Å². The van der Waals surface area contributed by atoms with Gasteiger partial charge in [0.15, 0.2) is 5.78 Å². The Kier molecular flexibility index (Phi) is 5.04. The van der Waals surface area contributed by atoms with Gasteiger partial charge in [-0.2, -0.15) is 0 Å². The first-order chi connectivity index (χ1) is 9.60. The van der Waals surface area contributed by atoms with Gasteiger partial charge in [-0.3, -0.25) is 4.79 Å². The molecule has 0 saturated heterocycles. The Morgan fingerprint density at radius 3 is 2.80 bits per heavy atom. The number of carbonyl (C=O) groups excluding carboxylic acids is 1. The summed E-state index contributed by atoms with van der Waals surface area (Å²) >= 11 is 7.20. The highest BCUT2D eigenvalue weighted by Crippen LogP contribution is 2.26. The molecule has 0 N–H and O–H groups in total. The van der Waals surface area contributed by atoms with Gasteiger partial charge in [-0.15, -0.1) is 11.8 Å². The average molecular weight is 311 g/mol. The lowest BCUT2D eigenvalue weighted by molar-refractivity contribution is 0.102. The Bertz CT molecular complexity index is 631. The third-order valence-electron chi connectivity index (χ3n) is 2.64. The van der Waals surface area contributed by atoms with Crippen molar-refractivity contribution < 1.29 is 13.9 Å². The molecule has 0 spiro atoms. The molecule has 0 radical (unpaired) electrons. The van der Waals surface area contributed by atoms with Crippen molar-refractivity contribution in [3.63, 3.8) is 0 Å². The van der Waals surface area contributed by atoms with Gasteiger partial charge in [0.2, 0.25) is 0 Å². The fourth-order valence-corrected chi connectivity index (χ4v) is 2.65. The molecule has 0 aliphatic rings. The number of rotatable bonds is 5. The molecule has 0 aliphatic heterocycles. The molecular weight excluding hydrogens is 299 g/mol. The number of methoxy groups -OCH3 is 1. The number of ketones is 1. The molecule has 104 valence electrons. The summed E-state index contributed by atoms with van der Waals surface area (Å²) in [6.45, 7) is 0. The predicted octanol–water partition coefficient (Wildman–Crippen LogP) is 4.46. The van der Waals surface area contributed by atoms with Crippen LogP contribution in [-0.4, -0.2) is 18.6 Å². The number of hydrogen-bond donors (Lipinski definition) is 0. The first kappa shape index (κ1) is 14.9. The molecule has 2 aromatic carbocycles. The molecule has 0 amide bonds. The molecule has 0 unspecified atom stereocenters. The van der Waals surface area contributed by atoms with E-state index < -0.39 is 0 Å². The van der Waals surface area contributed by atoms with E-state index in [2.05, 4.69) is 0 Å². The maximum absolute atomic E-state index is 13.0. The predicted molar refractivity (Wildman–Crippen MR) is 79.5 cm³/mol. The van der Waals surface area contributed by atoms with Gasteiger partial charge in [0.1, 0.15) is 11.6 Å². The molecule has 0 bridgehead atoms. The Hall–Kier alpha value is -1.52. The minimum atomic E-state index is -0.310. The minimum absolute atomic E-state index is 0.0609. The van der Waals surface area contributed by atoms with Gasteiger partial charge >= 0.3 is 0 Å². The number of thioether (sulfide) groups is 1. The second-order valence-corrected chi connectivity index (χ2v) is 5.47. The lowest BCUT2D eigenvalue weighted by Gasteiger charge is -2.06. The summed E-state index contributed by atoms with van der Waals surface area (Å²) in [7, 11) is 1.50. The van der Waals surface area contributed by atoms with Crippen LogP contribution in [-0.2, 0) is 0 Å². The molecule has 2 rings (SSSR count). The van der Waals surface area contributed by atoms with Crippen LogP contribution in [0.3, 0.4) is 0 Å². The third-order valence-corrected chi connectivity index (χ3v) is 3.95. The maximum atomic E-state index is 13.0. The Morgan fingerprint density at radius 1 is 1.30 bits per heavy atom. The number of Topliss-reactive ketones (excluding diaryl/α,β-unsaturated/α-hetero) is 1. The van der Waals surface area contributed by atoms with Crippen molar-refractivity contribution in [2.45, 2.75) is 4.90 Å². The summed E-state index contributed by atoms with van der Waals surface area (Å²) in [5.74, 6) is 0.326. The molecular formula is C15H12ClFO2S. The van der Waals surface area contributed by atoms with E-state index in [1.807, 2.05) is 0 Å². The fraction of sp³-hybridized carbons (Fsp3) is 0.133. The summed E-state index contributed by atoms with van der Waals surface area (Å²) < 4.78 is 18.1. The SMILES string of the molecule is COc1cc(C(=O)CSc2cccc(F)c2)ccc1Cl. The first-order valence-corrected chi connectivity index (χ1v) is 7.21. The molecule has 0 atom stereocenters. The third kappa shape index (κ3) is 3.74. The van der Waals surface area contributed by atoms with Crippen molar-refractivity contribution in [3.8, 4) is 5.75 Å². The van der Waals surface area contributed by atoms with Crippen molar-refractivity contribution in [3.05, 3.63) is 58.9 Å². The number of halogens is 2. The molecule has 20 heavy (non-hydrogen) atoms. The number of hydrogen-bond acceptors (Lipinski definition) is 3. The normalized spacial score (nSPS) is 10.3. The van der Waals surface area contributed by atoms with Gasteiger partial charge in [-0.1, -0.05) is 17.7 Å². The van der Waals surface area contributed by atoms with E-state index in [4.69, 9.17) is 16.3 Å². The molecule has 0 heterocycles. The zero-order valence-electron chi connectivity index (χ0n) is 10.7. The van der Waals surface area contributed by atoms with Crippen molar-refractivity contribution in [1.29, 1.82) is 0 Å². The summed E-state index contributed by atoms with van der Waals surface area (Å²) in [6, 6.07) is 11.0. The monoisotopic (exact) mass is 310 g/mol. The van der Waals surface area contributed by atoms with Gasteiger partial charge in [0.25, 0.3) is 0 Å². The van der Waals surface area contributed by atoms with Crippen LogP contribution in [0.4, 0.5) is 4.39 Å². The molecule has 5 heteroatoms. The summed E-state index contributed by atoms with van der Waals surface area (Å²) in [5.41, 5.74) is 0.523. The van der Waals surface area contributed by atoms with Gasteiger partial charge < -0.3 is 4.74 Å². The Morgan fingerprint density at radius 2 is 2.10 bits per heavy atom. The van der Waals surface area contributed by atoms with E-state index in [1.54, 1.807) is 30.3 Å². The van der Waals surface area contributed by atoms with Gasteiger partial charge in [0.05, 0.1) is 17.9 Å². The van der Waals surface area contributed by atoms with Crippen LogP contribution >= 0.6 is 23.4 Å². The van der Waals surface area contributed by atoms with Crippen LogP contribution in [0.25, 0.3) is 0 Å². The van der Waals surface area contributed by atoms with E-state index in [-0.39, 0.29) is 17.4 Å². The zero-order valence-corrected chi connectivity index (χ0v) is 12.3. The molecule has 0 fully saturated rings. The lowest BCUT2D eigenvalue weighted by Crippen LogP contribution is -2.02. The van der Waals surface area contributed by atoms with Crippen molar-refractivity contribution in [2.75, 3.05) is 12.9 Å². The Labute approximate surface area is 125 Å². The fourth-order valence-electron chi connectivity index (χ4n) is 1.62. The largest absolute Gasteiger partial charge is 0.495 e. The summed E-state index contributed by atoms with van der Waals surface area (Å²) in [5, 5.41) is 0.460. The highest BCUT2D eigenvalue weighted by molar-refractivity contribution is 8.00. The topological polar surface area (TPSA) is 26.3 Å². The molecule has 0 aromatic heterocycles. The number of ether oxygens (including phenoxy) is 1. The smallest absolute Gasteiger partial charge is 0.173 e. The summed E-state index contributed by atoms with van der Waals surface area (Å²) in [4.78, 5) is 12.8. The standard InChI is InChI=1S/C15H12ClFO2S/c1-19-15-7-10(5-6-13(15)16)14(18)9-20-12-4-2-3-11(17)8-12/h2-8H,9H2,1H3. The van der Waals surface area contributed by atoms with E-state index >= 15 is 0 Å². The second kappa shape index (κ2) is 6.77. The van der Waals surface area contributed by atoms with Gasteiger partial charge in [-0.05, 0) is 36.4 Å². The quantitative estimate of drug-likeness (QED) is 0.602. The lowest BCUT2D eigenvalue weighted by atomic mass is 10.1. The highest BCUT2D eigenvalue weighted by atomic mass is 35.5. The van der Waals surface area contributed by atoms with E-state index in [1.165, 1.54) is 31.0 Å². The van der Waals surface area contributed by atoms with Crippen molar-refractivity contribution >= 4 is 29.1 Å². The molecule has 2 nitrogen and oxygen atoms in total.